The Hall–Kier alpha value is -1.33. The fraction of sp³-hybridized carbons (Fsp3) is 0.0833. The van der Waals surface area contributed by atoms with Gasteiger partial charge >= 0.3 is 0 Å². The molecule has 0 radical (unpaired) electrons. The van der Waals surface area contributed by atoms with Gasteiger partial charge in [-0.3, -0.25) is 4.79 Å². The van der Waals surface area contributed by atoms with Gasteiger partial charge in [-0.2, -0.15) is 0 Å². The van der Waals surface area contributed by atoms with E-state index < -0.39 is 0 Å². The van der Waals surface area contributed by atoms with Crippen molar-refractivity contribution < 1.29 is 9.53 Å². The van der Waals surface area contributed by atoms with Crippen LogP contribution in [-0.4, -0.2) is 13.0 Å². The standard InChI is InChI=1S/C12H10BrNO2S/c1-16-10-4-2-3-9(6-10)14-12(15)8-5-11(13)17-7-8/h2-7H,1H3,(H,14,15). The molecule has 0 aliphatic carbocycles. The second kappa shape index (κ2) is 5.33. The van der Waals surface area contributed by atoms with Gasteiger partial charge in [0, 0.05) is 17.1 Å². The lowest BCUT2D eigenvalue weighted by Gasteiger charge is -2.05. The summed E-state index contributed by atoms with van der Waals surface area (Å²) in [5, 5.41) is 4.62. The van der Waals surface area contributed by atoms with E-state index in [2.05, 4.69) is 21.2 Å². The number of hydrogen-bond donors (Lipinski definition) is 1. The van der Waals surface area contributed by atoms with Crippen molar-refractivity contribution in [2.45, 2.75) is 0 Å². The lowest BCUT2D eigenvalue weighted by molar-refractivity contribution is 0.102. The maximum atomic E-state index is 11.9. The molecule has 17 heavy (non-hydrogen) atoms. The first-order valence-electron chi connectivity index (χ1n) is 4.88. The van der Waals surface area contributed by atoms with Crippen molar-refractivity contribution in [3.05, 3.63) is 45.1 Å². The van der Waals surface area contributed by atoms with Gasteiger partial charge in [0.05, 0.1) is 16.5 Å². The minimum Gasteiger partial charge on any atom is -0.497 e. The average Bonchev–Trinajstić information content (AvgIpc) is 2.76. The third-order valence-electron chi connectivity index (χ3n) is 2.16. The zero-order valence-corrected chi connectivity index (χ0v) is 11.5. The Morgan fingerprint density at radius 2 is 2.24 bits per heavy atom. The first-order chi connectivity index (χ1) is 8.19. The quantitative estimate of drug-likeness (QED) is 0.937. The van der Waals surface area contributed by atoms with E-state index in [1.54, 1.807) is 24.6 Å². The highest BCUT2D eigenvalue weighted by Crippen LogP contribution is 2.22. The van der Waals surface area contributed by atoms with Crippen LogP contribution in [0.4, 0.5) is 5.69 Å². The molecular weight excluding hydrogens is 302 g/mol. The maximum Gasteiger partial charge on any atom is 0.256 e. The molecule has 88 valence electrons. The van der Waals surface area contributed by atoms with Gasteiger partial charge in [0.1, 0.15) is 5.75 Å². The Morgan fingerprint density at radius 1 is 1.41 bits per heavy atom. The smallest absolute Gasteiger partial charge is 0.256 e. The molecule has 0 saturated carbocycles. The van der Waals surface area contributed by atoms with Gasteiger partial charge < -0.3 is 10.1 Å². The summed E-state index contributed by atoms with van der Waals surface area (Å²) >= 11 is 4.81. The topological polar surface area (TPSA) is 38.3 Å². The van der Waals surface area contributed by atoms with Crippen LogP contribution in [0, 0.1) is 0 Å². The molecule has 1 aromatic heterocycles. The number of hydrogen-bond acceptors (Lipinski definition) is 3. The van der Waals surface area contributed by atoms with E-state index in [4.69, 9.17) is 4.74 Å². The summed E-state index contributed by atoms with van der Waals surface area (Å²) in [7, 11) is 1.59. The second-order valence-electron chi connectivity index (χ2n) is 3.33. The number of carbonyl (C=O) groups is 1. The number of nitrogens with one attached hydrogen (secondary N) is 1. The van der Waals surface area contributed by atoms with E-state index >= 15 is 0 Å². The van der Waals surface area contributed by atoms with E-state index in [0.29, 0.717) is 11.3 Å². The number of ether oxygens (including phenoxy) is 1. The molecule has 1 amide bonds. The zero-order valence-electron chi connectivity index (χ0n) is 9.07. The van der Waals surface area contributed by atoms with Crippen LogP contribution < -0.4 is 10.1 Å². The van der Waals surface area contributed by atoms with Crippen LogP contribution in [0.3, 0.4) is 0 Å². The number of thiophene rings is 1. The predicted octanol–water partition coefficient (Wildman–Crippen LogP) is 3.77. The highest BCUT2D eigenvalue weighted by Gasteiger charge is 2.08. The molecule has 0 saturated heterocycles. The van der Waals surface area contributed by atoms with Crippen LogP contribution in [0.2, 0.25) is 0 Å². The fourth-order valence-corrected chi connectivity index (χ4v) is 2.47. The van der Waals surface area contributed by atoms with Crippen molar-refractivity contribution in [2.24, 2.45) is 0 Å². The molecular formula is C12H10BrNO2S. The van der Waals surface area contributed by atoms with E-state index in [1.807, 2.05) is 18.2 Å². The van der Waals surface area contributed by atoms with Crippen molar-refractivity contribution >= 4 is 38.9 Å². The number of methoxy groups -OCH3 is 1. The molecule has 0 unspecified atom stereocenters. The summed E-state index contributed by atoms with van der Waals surface area (Å²) in [5.41, 5.74) is 1.36. The van der Waals surface area contributed by atoms with Gasteiger partial charge in [-0.25, -0.2) is 0 Å². The second-order valence-corrected chi connectivity index (χ2v) is 5.62. The Balaban J connectivity index is 2.12. The summed E-state index contributed by atoms with van der Waals surface area (Å²) in [4.78, 5) is 11.9. The minimum absolute atomic E-state index is 0.125. The molecule has 2 rings (SSSR count). The third kappa shape index (κ3) is 3.08. The maximum absolute atomic E-state index is 11.9. The number of benzene rings is 1. The Bertz CT molecular complexity index is 539. The first kappa shape index (κ1) is 12.1. The van der Waals surface area contributed by atoms with Crippen LogP contribution in [0.5, 0.6) is 5.75 Å². The van der Waals surface area contributed by atoms with Gasteiger partial charge in [0.15, 0.2) is 0 Å². The molecule has 0 atom stereocenters. The van der Waals surface area contributed by atoms with Crippen molar-refractivity contribution in [1.82, 2.24) is 0 Å². The van der Waals surface area contributed by atoms with Crippen LogP contribution in [0.1, 0.15) is 10.4 Å². The van der Waals surface area contributed by atoms with Gasteiger partial charge in [0.2, 0.25) is 0 Å². The van der Waals surface area contributed by atoms with Gasteiger partial charge in [0.25, 0.3) is 5.91 Å². The Labute approximate surface area is 112 Å². The van der Waals surface area contributed by atoms with Gasteiger partial charge in [-0.05, 0) is 34.1 Å². The molecule has 0 spiro atoms. The molecule has 3 nitrogen and oxygen atoms in total. The fourth-order valence-electron chi connectivity index (χ4n) is 1.33. The largest absolute Gasteiger partial charge is 0.497 e. The SMILES string of the molecule is COc1cccc(NC(=O)c2csc(Br)c2)c1. The molecule has 0 bridgehead atoms. The first-order valence-corrected chi connectivity index (χ1v) is 6.56. The number of halogens is 1. The molecule has 1 heterocycles. The number of rotatable bonds is 3. The summed E-state index contributed by atoms with van der Waals surface area (Å²) in [6.07, 6.45) is 0. The van der Waals surface area contributed by atoms with Gasteiger partial charge in [-0.1, -0.05) is 6.07 Å². The van der Waals surface area contributed by atoms with Crippen molar-refractivity contribution in [1.29, 1.82) is 0 Å². The molecule has 5 heteroatoms. The lowest BCUT2D eigenvalue weighted by Crippen LogP contribution is -2.10. The molecule has 1 aromatic carbocycles. The van der Waals surface area contributed by atoms with Crippen LogP contribution in [0.25, 0.3) is 0 Å². The Kier molecular flexibility index (Phi) is 3.81. The molecule has 2 aromatic rings. The van der Waals surface area contributed by atoms with Crippen LogP contribution >= 0.6 is 27.3 Å². The average molecular weight is 312 g/mol. The molecule has 1 N–H and O–H groups in total. The van der Waals surface area contributed by atoms with Crippen LogP contribution in [0.15, 0.2) is 39.5 Å². The zero-order chi connectivity index (χ0) is 12.3. The number of amides is 1. The lowest BCUT2D eigenvalue weighted by atomic mass is 10.2. The van der Waals surface area contributed by atoms with E-state index in [0.717, 1.165) is 9.47 Å². The number of carbonyl (C=O) groups excluding carboxylic acids is 1. The summed E-state index contributed by atoms with van der Waals surface area (Å²) < 4.78 is 6.03. The van der Waals surface area contributed by atoms with E-state index in [-0.39, 0.29) is 5.91 Å². The minimum atomic E-state index is -0.125. The molecule has 0 aliphatic heterocycles. The van der Waals surface area contributed by atoms with E-state index in [9.17, 15) is 4.79 Å². The highest BCUT2D eigenvalue weighted by molar-refractivity contribution is 9.11. The molecule has 0 fully saturated rings. The Morgan fingerprint density at radius 3 is 2.88 bits per heavy atom. The summed E-state index contributed by atoms with van der Waals surface area (Å²) in [5.74, 6) is 0.592. The summed E-state index contributed by atoms with van der Waals surface area (Å²) in [6.45, 7) is 0. The monoisotopic (exact) mass is 311 g/mol. The number of anilines is 1. The normalized spacial score (nSPS) is 10.0. The van der Waals surface area contributed by atoms with Crippen molar-refractivity contribution in [3.63, 3.8) is 0 Å². The van der Waals surface area contributed by atoms with E-state index in [1.165, 1.54) is 11.3 Å². The molecule has 0 aliphatic rings. The highest BCUT2D eigenvalue weighted by atomic mass is 79.9. The van der Waals surface area contributed by atoms with Gasteiger partial charge in [-0.15, -0.1) is 11.3 Å². The van der Waals surface area contributed by atoms with Crippen molar-refractivity contribution in [3.8, 4) is 5.75 Å². The predicted molar refractivity (Wildman–Crippen MR) is 73.0 cm³/mol. The third-order valence-corrected chi connectivity index (χ3v) is 3.66. The van der Waals surface area contributed by atoms with Crippen molar-refractivity contribution in [2.75, 3.05) is 12.4 Å². The van der Waals surface area contributed by atoms with Crippen LogP contribution in [-0.2, 0) is 0 Å². The summed E-state index contributed by atoms with van der Waals surface area (Å²) in [6, 6.07) is 9.05.